The van der Waals surface area contributed by atoms with E-state index in [1.807, 2.05) is 6.07 Å². The lowest BCUT2D eigenvalue weighted by atomic mass is 10.2. The third kappa shape index (κ3) is 4.85. The molecule has 0 spiro atoms. The zero-order valence-corrected chi connectivity index (χ0v) is 15.1. The summed E-state index contributed by atoms with van der Waals surface area (Å²) in [7, 11) is 0. The summed E-state index contributed by atoms with van der Waals surface area (Å²) in [5, 5.41) is 5.42. The Kier molecular flexibility index (Phi) is 6.77. The molecule has 2 rings (SSSR count). The van der Waals surface area contributed by atoms with Crippen LogP contribution < -0.4 is 5.32 Å². The first-order chi connectivity index (χ1) is 10.2. The van der Waals surface area contributed by atoms with E-state index in [2.05, 4.69) is 52.2 Å². The van der Waals surface area contributed by atoms with Crippen LogP contribution in [-0.2, 0) is 0 Å². The van der Waals surface area contributed by atoms with E-state index in [1.165, 1.54) is 19.3 Å². The second-order valence-electron chi connectivity index (χ2n) is 5.00. The maximum absolute atomic E-state index is 4.71. The van der Waals surface area contributed by atoms with Crippen molar-refractivity contribution in [2.24, 2.45) is 0 Å². The molecule has 21 heavy (non-hydrogen) atoms. The van der Waals surface area contributed by atoms with Crippen LogP contribution in [0, 0.1) is 0 Å². The summed E-state index contributed by atoms with van der Waals surface area (Å²) in [4.78, 5) is 9.37. The Labute approximate surface area is 139 Å². The van der Waals surface area contributed by atoms with E-state index in [0.29, 0.717) is 0 Å². The average Bonchev–Trinajstić information content (AvgIpc) is 2.48. The first-order valence-corrected chi connectivity index (χ1v) is 9.36. The monoisotopic (exact) mass is 367 g/mol. The van der Waals surface area contributed by atoms with Crippen LogP contribution in [0.1, 0.15) is 39.5 Å². The molecule has 1 aromatic carbocycles. The summed E-state index contributed by atoms with van der Waals surface area (Å²) in [6.07, 6.45) is 4.73. The zero-order chi connectivity index (χ0) is 15.1. The Hall–Kier alpha value is -0.810. The van der Waals surface area contributed by atoms with Gasteiger partial charge >= 0.3 is 0 Å². The average molecular weight is 368 g/mol. The summed E-state index contributed by atoms with van der Waals surface area (Å²) in [6, 6.07) is 6.17. The lowest BCUT2D eigenvalue weighted by Crippen LogP contribution is -2.05. The number of rotatable bonds is 8. The molecule has 0 aliphatic carbocycles. The van der Waals surface area contributed by atoms with Crippen LogP contribution in [0.5, 0.6) is 0 Å². The van der Waals surface area contributed by atoms with Gasteiger partial charge < -0.3 is 5.32 Å². The molecule has 1 N–H and O–H groups in total. The maximum Gasteiger partial charge on any atom is 0.190 e. The number of hydrogen-bond donors (Lipinski definition) is 1. The summed E-state index contributed by atoms with van der Waals surface area (Å²) >= 11 is 5.27. The van der Waals surface area contributed by atoms with E-state index in [1.54, 1.807) is 11.8 Å². The van der Waals surface area contributed by atoms with E-state index >= 15 is 0 Å². The number of anilines is 1. The fourth-order valence-electron chi connectivity index (χ4n) is 1.97. The fourth-order valence-corrected chi connectivity index (χ4v) is 3.27. The third-order valence-corrected chi connectivity index (χ3v) is 4.62. The topological polar surface area (TPSA) is 37.8 Å². The molecule has 0 aliphatic rings. The molecule has 0 atom stereocenters. The van der Waals surface area contributed by atoms with Crippen LogP contribution in [0.15, 0.2) is 27.8 Å². The van der Waals surface area contributed by atoms with Gasteiger partial charge in [-0.05, 0) is 31.0 Å². The van der Waals surface area contributed by atoms with Gasteiger partial charge in [0.1, 0.15) is 5.82 Å². The highest BCUT2D eigenvalue weighted by Gasteiger charge is 2.08. The van der Waals surface area contributed by atoms with Crippen molar-refractivity contribution in [3.05, 3.63) is 22.7 Å². The van der Waals surface area contributed by atoms with Crippen molar-refractivity contribution in [2.75, 3.05) is 17.6 Å². The van der Waals surface area contributed by atoms with Gasteiger partial charge in [-0.2, -0.15) is 0 Å². The van der Waals surface area contributed by atoms with E-state index < -0.39 is 0 Å². The largest absolute Gasteiger partial charge is 0.369 e. The number of nitrogens with one attached hydrogen (secondary N) is 1. The second-order valence-corrected chi connectivity index (χ2v) is 6.98. The van der Waals surface area contributed by atoms with Gasteiger partial charge in [-0.25, -0.2) is 9.97 Å². The van der Waals surface area contributed by atoms with Gasteiger partial charge in [0, 0.05) is 22.2 Å². The van der Waals surface area contributed by atoms with Crippen LogP contribution in [-0.4, -0.2) is 22.3 Å². The second kappa shape index (κ2) is 8.59. The molecular weight excluding hydrogens is 346 g/mol. The Morgan fingerprint density at radius 2 is 1.95 bits per heavy atom. The molecule has 0 radical (unpaired) electrons. The summed E-state index contributed by atoms with van der Waals surface area (Å²) in [6.45, 7) is 5.35. The Morgan fingerprint density at radius 3 is 2.71 bits per heavy atom. The van der Waals surface area contributed by atoms with Crippen molar-refractivity contribution in [3.8, 4) is 0 Å². The van der Waals surface area contributed by atoms with Crippen LogP contribution >= 0.6 is 27.7 Å². The molecule has 1 aromatic heterocycles. The molecule has 0 amide bonds. The number of thioether (sulfide) groups is 1. The molecule has 0 bridgehead atoms. The standard InChI is InChI=1S/C16H22BrN3S/c1-3-5-9-18-15-13-11-12(17)7-8-14(13)19-16(20-15)21-10-6-4-2/h7-8,11H,3-6,9-10H2,1-2H3,(H,18,19,20). The minimum atomic E-state index is 0.872. The van der Waals surface area contributed by atoms with Crippen LogP contribution in [0.3, 0.4) is 0 Å². The number of aromatic nitrogens is 2. The summed E-state index contributed by atoms with van der Waals surface area (Å²) in [5.74, 6) is 2.03. The van der Waals surface area contributed by atoms with E-state index in [9.17, 15) is 0 Å². The van der Waals surface area contributed by atoms with Gasteiger partial charge in [-0.15, -0.1) is 0 Å². The fraction of sp³-hybridized carbons (Fsp3) is 0.500. The number of benzene rings is 1. The molecular formula is C16H22BrN3S. The van der Waals surface area contributed by atoms with Gasteiger partial charge in [-0.3, -0.25) is 0 Å². The summed E-state index contributed by atoms with van der Waals surface area (Å²) < 4.78 is 1.06. The molecule has 3 nitrogen and oxygen atoms in total. The number of halogens is 1. The molecule has 0 aliphatic heterocycles. The van der Waals surface area contributed by atoms with Crippen molar-refractivity contribution in [1.29, 1.82) is 0 Å². The molecule has 114 valence electrons. The normalized spacial score (nSPS) is 11.0. The molecule has 2 aromatic rings. The van der Waals surface area contributed by atoms with Gasteiger partial charge in [0.2, 0.25) is 0 Å². The van der Waals surface area contributed by atoms with Crippen molar-refractivity contribution in [3.63, 3.8) is 0 Å². The lowest BCUT2D eigenvalue weighted by Gasteiger charge is -2.10. The zero-order valence-electron chi connectivity index (χ0n) is 12.7. The molecule has 0 fully saturated rings. The van der Waals surface area contributed by atoms with Gasteiger partial charge in [-0.1, -0.05) is 54.4 Å². The quantitative estimate of drug-likeness (QED) is 0.379. The van der Waals surface area contributed by atoms with Gasteiger partial charge in [0.15, 0.2) is 5.16 Å². The van der Waals surface area contributed by atoms with Crippen LogP contribution in [0.4, 0.5) is 5.82 Å². The first kappa shape index (κ1) is 16.6. The Bertz CT molecular complexity index is 589. The molecule has 5 heteroatoms. The Morgan fingerprint density at radius 1 is 1.14 bits per heavy atom. The maximum atomic E-state index is 4.71. The van der Waals surface area contributed by atoms with Crippen molar-refractivity contribution >= 4 is 44.4 Å². The number of fused-ring (bicyclic) bond motifs is 1. The van der Waals surface area contributed by atoms with Crippen molar-refractivity contribution in [2.45, 2.75) is 44.7 Å². The lowest BCUT2D eigenvalue weighted by molar-refractivity contribution is 0.828. The highest BCUT2D eigenvalue weighted by atomic mass is 79.9. The smallest absolute Gasteiger partial charge is 0.190 e. The Balaban J connectivity index is 2.28. The first-order valence-electron chi connectivity index (χ1n) is 7.58. The highest BCUT2D eigenvalue weighted by Crippen LogP contribution is 2.27. The highest BCUT2D eigenvalue weighted by molar-refractivity contribution is 9.10. The SMILES string of the molecule is CCCCNc1nc(SCCCC)nc2ccc(Br)cc12. The predicted molar refractivity (Wildman–Crippen MR) is 96.3 cm³/mol. The van der Waals surface area contributed by atoms with Crippen molar-refractivity contribution < 1.29 is 0 Å². The molecule has 1 heterocycles. The van der Waals surface area contributed by atoms with Crippen LogP contribution in [0.25, 0.3) is 10.9 Å². The number of hydrogen-bond acceptors (Lipinski definition) is 4. The van der Waals surface area contributed by atoms with Crippen LogP contribution in [0.2, 0.25) is 0 Å². The van der Waals surface area contributed by atoms with E-state index in [-0.39, 0.29) is 0 Å². The van der Waals surface area contributed by atoms with Crippen molar-refractivity contribution in [1.82, 2.24) is 9.97 Å². The minimum Gasteiger partial charge on any atom is -0.369 e. The van der Waals surface area contributed by atoms with E-state index in [0.717, 1.165) is 45.1 Å². The summed E-state index contributed by atoms with van der Waals surface area (Å²) in [5.41, 5.74) is 1.01. The number of unbranched alkanes of at least 4 members (excludes halogenated alkanes) is 2. The molecule has 0 saturated heterocycles. The van der Waals surface area contributed by atoms with Gasteiger partial charge in [0.25, 0.3) is 0 Å². The third-order valence-electron chi connectivity index (χ3n) is 3.19. The van der Waals surface area contributed by atoms with Gasteiger partial charge in [0.05, 0.1) is 5.52 Å². The predicted octanol–water partition coefficient (Wildman–Crippen LogP) is 5.50. The molecule has 0 saturated carbocycles. The molecule has 0 unspecified atom stereocenters. The number of nitrogens with zero attached hydrogens (tertiary/aromatic N) is 2. The van der Waals surface area contributed by atoms with E-state index in [4.69, 9.17) is 4.98 Å². The minimum absolute atomic E-state index is 0.872.